The lowest BCUT2D eigenvalue weighted by Gasteiger charge is -2.12. The molecule has 134 valence electrons. The Bertz CT molecular complexity index is 990. The summed E-state index contributed by atoms with van der Waals surface area (Å²) in [5, 5.41) is 11.0. The predicted molar refractivity (Wildman–Crippen MR) is 104 cm³/mol. The van der Waals surface area contributed by atoms with Crippen LogP contribution in [0.1, 0.15) is 16.7 Å². The molecule has 0 bridgehead atoms. The molecule has 6 nitrogen and oxygen atoms in total. The second-order valence-corrected chi connectivity index (χ2v) is 6.91. The van der Waals surface area contributed by atoms with Crippen molar-refractivity contribution < 1.29 is 14.4 Å². The fraction of sp³-hybridized carbons (Fsp3) is 0.100. The van der Waals surface area contributed by atoms with E-state index in [1.807, 2.05) is 25.1 Å². The van der Waals surface area contributed by atoms with Crippen molar-refractivity contribution in [2.75, 3.05) is 11.9 Å². The van der Waals surface area contributed by atoms with Gasteiger partial charge in [0.05, 0.1) is 16.5 Å². The standard InChI is InChI=1S/C20H15N3O3S/c1-13-3-2-4-16(9-13)22-18(24)12-23-19(25)17(27-20(23)26)10-14-5-7-15(11-21)8-6-14/h2-10H,12H2,1H3,(H,22,24)/b17-10+. The fourth-order valence-electron chi connectivity index (χ4n) is 2.51. The van der Waals surface area contributed by atoms with E-state index in [1.165, 1.54) is 0 Å². The van der Waals surface area contributed by atoms with Crippen LogP contribution in [0.4, 0.5) is 10.5 Å². The molecule has 1 aliphatic heterocycles. The van der Waals surface area contributed by atoms with Gasteiger partial charge in [-0.05, 0) is 60.2 Å². The van der Waals surface area contributed by atoms with Crippen molar-refractivity contribution in [3.63, 3.8) is 0 Å². The lowest BCUT2D eigenvalue weighted by Crippen LogP contribution is -2.36. The zero-order valence-corrected chi connectivity index (χ0v) is 15.2. The molecule has 7 heteroatoms. The molecular weight excluding hydrogens is 362 g/mol. The average molecular weight is 377 g/mol. The van der Waals surface area contributed by atoms with Crippen LogP contribution in [0, 0.1) is 18.3 Å². The van der Waals surface area contributed by atoms with E-state index in [2.05, 4.69) is 5.32 Å². The predicted octanol–water partition coefficient (Wildman–Crippen LogP) is 3.54. The van der Waals surface area contributed by atoms with E-state index in [9.17, 15) is 14.4 Å². The van der Waals surface area contributed by atoms with E-state index < -0.39 is 17.1 Å². The van der Waals surface area contributed by atoms with Crippen LogP contribution in [-0.2, 0) is 9.59 Å². The van der Waals surface area contributed by atoms with Gasteiger partial charge in [0.15, 0.2) is 0 Å². The maximum atomic E-state index is 12.5. The first-order valence-corrected chi connectivity index (χ1v) is 8.90. The SMILES string of the molecule is Cc1cccc(NC(=O)CN2C(=O)S/C(=C/c3ccc(C#N)cc3)C2=O)c1. The largest absolute Gasteiger partial charge is 0.325 e. The van der Waals surface area contributed by atoms with Gasteiger partial charge >= 0.3 is 0 Å². The molecule has 1 fully saturated rings. The van der Waals surface area contributed by atoms with Crippen molar-refractivity contribution >= 4 is 40.6 Å². The zero-order chi connectivity index (χ0) is 19.4. The molecular formula is C20H15N3O3S. The van der Waals surface area contributed by atoms with Crippen LogP contribution in [0.3, 0.4) is 0 Å². The summed E-state index contributed by atoms with van der Waals surface area (Å²) in [5.74, 6) is -0.948. The van der Waals surface area contributed by atoms with Crippen molar-refractivity contribution in [3.05, 3.63) is 70.1 Å². The maximum absolute atomic E-state index is 12.5. The highest BCUT2D eigenvalue weighted by molar-refractivity contribution is 8.18. The summed E-state index contributed by atoms with van der Waals surface area (Å²) >= 11 is 0.791. The Kier molecular flexibility index (Phi) is 5.38. The Balaban J connectivity index is 1.69. The molecule has 2 aromatic rings. The summed E-state index contributed by atoms with van der Waals surface area (Å²) in [5.41, 5.74) is 2.81. The molecule has 1 saturated heterocycles. The highest BCUT2D eigenvalue weighted by Crippen LogP contribution is 2.32. The number of imide groups is 1. The van der Waals surface area contributed by atoms with Gasteiger partial charge in [0, 0.05) is 5.69 Å². The molecule has 27 heavy (non-hydrogen) atoms. The van der Waals surface area contributed by atoms with E-state index in [0.29, 0.717) is 16.8 Å². The van der Waals surface area contributed by atoms with Gasteiger partial charge in [0.2, 0.25) is 5.91 Å². The maximum Gasteiger partial charge on any atom is 0.294 e. The van der Waals surface area contributed by atoms with Crippen LogP contribution in [-0.4, -0.2) is 28.5 Å². The lowest BCUT2D eigenvalue weighted by molar-refractivity contribution is -0.127. The molecule has 0 saturated carbocycles. The first-order valence-electron chi connectivity index (χ1n) is 8.08. The summed E-state index contributed by atoms with van der Waals surface area (Å²) in [4.78, 5) is 38.0. The van der Waals surface area contributed by atoms with Crippen LogP contribution < -0.4 is 5.32 Å². The Morgan fingerprint density at radius 2 is 1.96 bits per heavy atom. The average Bonchev–Trinajstić information content (AvgIpc) is 2.90. The third-order valence-electron chi connectivity index (χ3n) is 3.81. The molecule has 2 aromatic carbocycles. The first-order chi connectivity index (χ1) is 13.0. The van der Waals surface area contributed by atoms with Crippen LogP contribution >= 0.6 is 11.8 Å². The normalized spacial score (nSPS) is 15.1. The number of carbonyl (C=O) groups is 3. The van der Waals surface area contributed by atoms with Crippen molar-refractivity contribution in [1.82, 2.24) is 4.90 Å². The molecule has 1 aliphatic rings. The third-order valence-corrected chi connectivity index (χ3v) is 4.72. The van der Waals surface area contributed by atoms with Crippen molar-refractivity contribution in [1.29, 1.82) is 5.26 Å². The monoisotopic (exact) mass is 377 g/mol. The Hall–Kier alpha value is -3.37. The smallest absolute Gasteiger partial charge is 0.294 e. The van der Waals surface area contributed by atoms with Gasteiger partial charge in [-0.1, -0.05) is 24.3 Å². The topological polar surface area (TPSA) is 90.3 Å². The van der Waals surface area contributed by atoms with Gasteiger partial charge in [0.25, 0.3) is 11.1 Å². The second-order valence-electron chi connectivity index (χ2n) is 5.92. The molecule has 0 spiro atoms. The van der Waals surface area contributed by atoms with Crippen LogP contribution in [0.2, 0.25) is 0 Å². The van der Waals surface area contributed by atoms with Crippen molar-refractivity contribution in [2.24, 2.45) is 0 Å². The number of nitrogens with zero attached hydrogens (tertiary/aromatic N) is 2. The zero-order valence-electron chi connectivity index (χ0n) is 14.4. The molecule has 0 unspecified atom stereocenters. The Labute approximate surface area is 160 Å². The van der Waals surface area contributed by atoms with Gasteiger partial charge < -0.3 is 5.32 Å². The number of amides is 3. The molecule has 0 aromatic heterocycles. The number of aryl methyl sites for hydroxylation is 1. The van der Waals surface area contributed by atoms with E-state index >= 15 is 0 Å². The van der Waals surface area contributed by atoms with Gasteiger partial charge in [-0.15, -0.1) is 0 Å². The first kappa shape index (κ1) is 18.4. The number of rotatable bonds is 4. The van der Waals surface area contributed by atoms with Crippen molar-refractivity contribution in [3.8, 4) is 6.07 Å². The molecule has 0 aliphatic carbocycles. The fourth-order valence-corrected chi connectivity index (χ4v) is 3.35. The number of anilines is 1. The Morgan fingerprint density at radius 1 is 1.22 bits per heavy atom. The minimum atomic E-state index is -0.506. The number of hydrogen-bond acceptors (Lipinski definition) is 5. The van der Waals surface area contributed by atoms with Gasteiger partial charge in [0.1, 0.15) is 6.54 Å². The van der Waals surface area contributed by atoms with Gasteiger partial charge in [-0.2, -0.15) is 5.26 Å². The van der Waals surface area contributed by atoms with E-state index in [4.69, 9.17) is 5.26 Å². The van der Waals surface area contributed by atoms with Crippen LogP contribution in [0.15, 0.2) is 53.4 Å². The Morgan fingerprint density at radius 3 is 2.63 bits per heavy atom. The highest BCUT2D eigenvalue weighted by atomic mass is 32.2. The van der Waals surface area contributed by atoms with Crippen LogP contribution in [0.5, 0.6) is 0 Å². The van der Waals surface area contributed by atoms with E-state index in [0.717, 1.165) is 22.2 Å². The summed E-state index contributed by atoms with van der Waals surface area (Å²) < 4.78 is 0. The van der Waals surface area contributed by atoms with E-state index in [1.54, 1.807) is 42.5 Å². The number of hydrogen-bond donors (Lipinski definition) is 1. The number of thioether (sulfide) groups is 1. The van der Waals surface area contributed by atoms with Gasteiger partial charge in [-0.25, -0.2) is 0 Å². The quantitative estimate of drug-likeness (QED) is 0.823. The number of benzene rings is 2. The molecule has 3 rings (SSSR count). The summed E-state index contributed by atoms with van der Waals surface area (Å²) in [6, 6.07) is 15.9. The molecule has 1 heterocycles. The van der Waals surface area contributed by atoms with E-state index in [-0.39, 0.29) is 11.4 Å². The second kappa shape index (κ2) is 7.89. The summed E-state index contributed by atoms with van der Waals surface area (Å²) in [6.07, 6.45) is 1.57. The van der Waals surface area contributed by atoms with Crippen molar-refractivity contribution in [2.45, 2.75) is 6.92 Å². The third kappa shape index (κ3) is 4.43. The van der Waals surface area contributed by atoms with Gasteiger partial charge in [-0.3, -0.25) is 19.3 Å². The minimum absolute atomic E-state index is 0.244. The lowest BCUT2D eigenvalue weighted by atomic mass is 10.1. The summed E-state index contributed by atoms with van der Waals surface area (Å²) in [7, 11) is 0. The minimum Gasteiger partial charge on any atom is -0.325 e. The highest BCUT2D eigenvalue weighted by Gasteiger charge is 2.36. The molecule has 3 amide bonds. The van der Waals surface area contributed by atoms with Crippen LogP contribution in [0.25, 0.3) is 6.08 Å². The number of nitrogens with one attached hydrogen (secondary N) is 1. The summed E-state index contributed by atoms with van der Waals surface area (Å²) in [6.45, 7) is 1.56. The number of carbonyl (C=O) groups excluding carboxylic acids is 3. The molecule has 1 N–H and O–H groups in total. The molecule has 0 radical (unpaired) electrons. The molecule has 0 atom stereocenters. The number of nitriles is 1.